The summed E-state index contributed by atoms with van der Waals surface area (Å²) in [6.07, 6.45) is 0. The van der Waals surface area contributed by atoms with Crippen molar-refractivity contribution in [1.82, 2.24) is 0 Å². The molecule has 2 N–H and O–H groups in total. The highest BCUT2D eigenvalue weighted by Gasteiger charge is 2.22. The molecule has 3 aromatic carbocycles. The van der Waals surface area contributed by atoms with Gasteiger partial charge in [-0.2, -0.15) is 0 Å². The molecular weight excluding hydrogens is 383 g/mol. The van der Waals surface area contributed by atoms with E-state index in [0.717, 1.165) is 0 Å². The summed E-state index contributed by atoms with van der Waals surface area (Å²) in [6.45, 7) is 0. The molecule has 28 heavy (non-hydrogen) atoms. The second-order valence-electron chi connectivity index (χ2n) is 6.22. The number of carbonyl (C=O) groups is 1. The van der Waals surface area contributed by atoms with E-state index in [2.05, 4.69) is 10.0 Å². The van der Waals surface area contributed by atoms with Gasteiger partial charge in [0.15, 0.2) is 5.75 Å². The zero-order valence-electron chi connectivity index (χ0n) is 14.5. The first kappa shape index (κ1) is 18.0. The maximum absolute atomic E-state index is 13.7. The van der Waals surface area contributed by atoms with Gasteiger partial charge in [-0.3, -0.25) is 9.52 Å². The maximum atomic E-state index is 13.7. The normalized spacial score (nSPS) is 12.8. The van der Waals surface area contributed by atoms with E-state index in [1.807, 2.05) is 0 Å². The largest absolute Gasteiger partial charge is 0.454 e. The second-order valence-corrected chi connectivity index (χ2v) is 7.94. The predicted molar refractivity (Wildman–Crippen MR) is 104 cm³/mol. The standard InChI is InChI=1S/C20H15FN2O4S/c21-16-6-2-1-5-13(16)12-28(25,26)23-14-9-10-18-15(11-14)20(24)22-17-7-3-4-8-19(17)27-18/h1-11,23H,12H2,(H,22,24). The molecule has 1 aliphatic heterocycles. The summed E-state index contributed by atoms with van der Waals surface area (Å²) in [5.41, 5.74) is 0.939. The fraction of sp³-hybridized carbons (Fsp3) is 0.0500. The molecule has 0 fully saturated rings. The number of amides is 1. The summed E-state index contributed by atoms with van der Waals surface area (Å²) in [6, 6.07) is 17.0. The number of hydrogen-bond acceptors (Lipinski definition) is 4. The van der Waals surface area contributed by atoms with Crippen LogP contribution in [0.15, 0.2) is 66.7 Å². The minimum atomic E-state index is -3.88. The molecule has 0 saturated carbocycles. The van der Waals surface area contributed by atoms with Crippen LogP contribution in [0.3, 0.4) is 0 Å². The molecule has 0 atom stereocenters. The van der Waals surface area contributed by atoms with Crippen molar-refractivity contribution in [3.63, 3.8) is 0 Å². The summed E-state index contributed by atoms with van der Waals surface area (Å²) >= 11 is 0. The van der Waals surface area contributed by atoms with Crippen LogP contribution in [0, 0.1) is 5.82 Å². The third-order valence-corrected chi connectivity index (χ3v) is 5.39. The van der Waals surface area contributed by atoms with E-state index in [1.54, 1.807) is 30.3 Å². The predicted octanol–water partition coefficient (Wildman–Crippen LogP) is 4.13. The Morgan fingerprint density at radius 2 is 1.71 bits per heavy atom. The Morgan fingerprint density at radius 1 is 0.964 bits per heavy atom. The molecule has 0 spiro atoms. The summed E-state index contributed by atoms with van der Waals surface area (Å²) in [4.78, 5) is 12.5. The Hall–Kier alpha value is -3.39. The lowest BCUT2D eigenvalue weighted by atomic mass is 10.1. The highest BCUT2D eigenvalue weighted by molar-refractivity contribution is 7.91. The summed E-state index contributed by atoms with van der Waals surface area (Å²) in [5, 5.41) is 2.73. The average Bonchev–Trinajstić information content (AvgIpc) is 2.79. The molecule has 8 heteroatoms. The molecule has 0 unspecified atom stereocenters. The molecule has 6 nitrogen and oxygen atoms in total. The smallest absolute Gasteiger partial charge is 0.259 e. The van der Waals surface area contributed by atoms with E-state index >= 15 is 0 Å². The Bertz CT molecular complexity index is 1180. The highest BCUT2D eigenvalue weighted by atomic mass is 32.2. The number of fused-ring (bicyclic) bond motifs is 2. The molecule has 0 bridgehead atoms. The van der Waals surface area contributed by atoms with Crippen molar-refractivity contribution in [3.8, 4) is 11.5 Å². The Morgan fingerprint density at radius 3 is 2.54 bits per heavy atom. The molecule has 3 aromatic rings. The van der Waals surface area contributed by atoms with E-state index < -0.39 is 27.5 Å². The van der Waals surface area contributed by atoms with Gasteiger partial charge < -0.3 is 10.1 Å². The molecule has 142 valence electrons. The van der Waals surface area contributed by atoms with E-state index in [4.69, 9.17) is 4.74 Å². The van der Waals surface area contributed by atoms with Crippen molar-refractivity contribution >= 4 is 27.3 Å². The van der Waals surface area contributed by atoms with Crippen LogP contribution in [0.25, 0.3) is 0 Å². The SMILES string of the molecule is O=C1Nc2ccccc2Oc2ccc(NS(=O)(=O)Cc3ccccc3F)cc21. The minimum absolute atomic E-state index is 0.0567. The van der Waals surface area contributed by atoms with E-state index in [-0.39, 0.29) is 16.8 Å². The number of halogens is 1. The van der Waals surface area contributed by atoms with Gasteiger partial charge in [-0.1, -0.05) is 30.3 Å². The third-order valence-electron chi connectivity index (χ3n) is 4.16. The van der Waals surface area contributed by atoms with Crippen LogP contribution in [0.1, 0.15) is 15.9 Å². The minimum Gasteiger partial charge on any atom is -0.454 e. The van der Waals surface area contributed by atoms with Gasteiger partial charge in [-0.05, 0) is 36.4 Å². The number of anilines is 2. The third kappa shape index (κ3) is 3.67. The summed E-state index contributed by atoms with van der Waals surface area (Å²) in [7, 11) is -3.88. The van der Waals surface area contributed by atoms with Crippen molar-refractivity contribution in [2.24, 2.45) is 0 Å². The number of carbonyl (C=O) groups excluding carboxylic acids is 1. The second kappa shape index (κ2) is 6.97. The lowest BCUT2D eigenvalue weighted by Gasteiger charge is -2.11. The highest BCUT2D eigenvalue weighted by Crippen LogP contribution is 2.36. The van der Waals surface area contributed by atoms with E-state index in [9.17, 15) is 17.6 Å². The van der Waals surface area contributed by atoms with Crippen LogP contribution < -0.4 is 14.8 Å². The molecule has 0 aliphatic carbocycles. The number of sulfonamides is 1. The maximum Gasteiger partial charge on any atom is 0.259 e. The van der Waals surface area contributed by atoms with Crippen molar-refractivity contribution in [2.45, 2.75) is 5.75 Å². The molecule has 1 amide bonds. The first-order chi connectivity index (χ1) is 13.4. The zero-order chi connectivity index (χ0) is 19.7. The van der Waals surface area contributed by atoms with Gasteiger partial charge in [0.1, 0.15) is 11.6 Å². The number of rotatable bonds is 4. The lowest BCUT2D eigenvalue weighted by Crippen LogP contribution is -2.17. The fourth-order valence-electron chi connectivity index (χ4n) is 2.86. The monoisotopic (exact) mass is 398 g/mol. The number of ether oxygens (including phenoxy) is 1. The molecule has 1 aliphatic rings. The quantitative estimate of drug-likeness (QED) is 0.692. The van der Waals surface area contributed by atoms with Gasteiger partial charge >= 0.3 is 0 Å². The van der Waals surface area contributed by atoms with Crippen molar-refractivity contribution in [1.29, 1.82) is 0 Å². The first-order valence-corrected chi connectivity index (χ1v) is 10.0. The van der Waals surface area contributed by atoms with Crippen LogP contribution >= 0.6 is 0 Å². The average molecular weight is 398 g/mol. The number of benzene rings is 3. The Kier molecular flexibility index (Phi) is 4.48. The Labute approximate surface area is 161 Å². The molecule has 0 saturated heterocycles. The lowest BCUT2D eigenvalue weighted by molar-refractivity contribution is 0.102. The van der Waals surface area contributed by atoms with Gasteiger partial charge in [0.25, 0.3) is 5.91 Å². The van der Waals surface area contributed by atoms with Gasteiger partial charge in [0, 0.05) is 11.3 Å². The molecule has 0 radical (unpaired) electrons. The van der Waals surface area contributed by atoms with Crippen molar-refractivity contribution in [2.75, 3.05) is 10.0 Å². The van der Waals surface area contributed by atoms with Gasteiger partial charge in [0.2, 0.25) is 10.0 Å². The van der Waals surface area contributed by atoms with E-state index in [0.29, 0.717) is 17.2 Å². The first-order valence-electron chi connectivity index (χ1n) is 8.37. The van der Waals surface area contributed by atoms with Crippen LogP contribution in [0.5, 0.6) is 11.5 Å². The van der Waals surface area contributed by atoms with Gasteiger partial charge in [-0.25, -0.2) is 12.8 Å². The number of hydrogen-bond donors (Lipinski definition) is 2. The van der Waals surface area contributed by atoms with Crippen LogP contribution in [-0.4, -0.2) is 14.3 Å². The van der Waals surface area contributed by atoms with Crippen LogP contribution in [0.4, 0.5) is 15.8 Å². The van der Waals surface area contributed by atoms with Gasteiger partial charge in [0.05, 0.1) is 17.0 Å². The van der Waals surface area contributed by atoms with Crippen molar-refractivity contribution in [3.05, 3.63) is 83.7 Å². The molecule has 4 rings (SSSR count). The number of nitrogens with one attached hydrogen (secondary N) is 2. The van der Waals surface area contributed by atoms with E-state index in [1.165, 1.54) is 36.4 Å². The molecule has 0 aromatic heterocycles. The van der Waals surface area contributed by atoms with Crippen LogP contribution in [-0.2, 0) is 15.8 Å². The number of para-hydroxylation sites is 2. The topological polar surface area (TPSA) is 84.5 Å². The summed E-state index contributed by atoms with van der Waals surface area (Å²) < 4.78 is 46.7. The van der Waals surface area contributed by atoms with Crippen molar-refractivity contribution < 1.29 is 22.3 Å². The fourth-order valence-corrected chi connectivity index (χ4v) is 4.06. The zero-order valence-corrected chi connectivity index (χ0v) is 15.3. The Balaban J connectivity index is 1.60. The van der Waals surface area contributed by atoms with Gasteiger partial charge in [-0.15, -0.1) is 0 Å². The molecule has 1 heterocycles. The summed E-state index contributed by atoms with van der Waals surface area (Å²) in [5.74, 6) is -0.748. The molecular formula is C20H15FN2O4S. The van der Waals surface area contributed by atoms with Crippen LogP contribution in [0.2, 0.25) is 0 Å².